The van der Waals surface area contributed by atoms with E-state index in [-0.39, 0.29) is 0 Å². The molecule has 0 heterocycles. The van der Waals surface area contributed by atoms with Crippen LogP contribution in [0.4, 0.5) is 0 Å². The van der Waals surface area contributed by atoms with E-state index >= 15 is 0 Å². The van der Waals surface area contributed by atoms with Gasteiger partial charge in [0.05, 0.1) is 0 Å². The number of hydrogen-bond acceptors (Lipinski definition) is 1. The molecule has 0 aliphatic carbocycles. The number of nitrogens with one attached hydrogen (secondary N) is 1. The van der Waals surface area contributed by atoms with Crippen LogP contribution in [0.1, 0.15) is 38.7 Å². The minimum Gasteiger partial charge on any atom is -0.316 e. The van der Waals surface area contributed by atoms with Crippen LogP contribution in [-0.2, 0) is 0 Å². The van der Waals surface area contributed by atoms with E-state index in [1.165, 1.54) is 12.0 Å². The van der Waals surface area contributed by atoms with Crippen LogP contribution in [0.15, 0.2) is 24.3 Å². The molecule has 0 saturated carbocycles. The topological polar surface area (TPSA) is 12.0 Å². The maximum atomic E-state index is 5.87. The average Bonchev–Trinajstić information content (AvgIpc) is 2.25. The van der Waals surface area contributed by atoms with Crippen molar-refractivity contribution in [2.45, 2.75) is 33.1 Å². The lowest BCUT2D eigenvalue weighted by atomic mass is 9.98. The van der Waals surface area contributed by atoms with E-state index < -0.39 is 0 Å². The summed E-state index contributed by atoms with van der Waals surface area (Å²) >= 11 is 5.87. The van der Waals surface area contributed by atoms with E-state index in [9.17, 15) is 0 Å². The van der Waals surface area contributed by atoms with Crippen LogP contribution in [0.5, 0.6) is 0 Å². The van der Waals surface area contributed by atoms with E-state index in [0.29, 0.717) is 5.92 Å². The SMILES string of the molecule is CC(C)CNCCC(C)c1ccc(Cl)cc1. The maximum absolute atomic E-state index is 5.87. The minimum atomic E-state index is 0.594. The van der Waals surface area contributed by atoms with Crippen molar-refractivity contribution in [1.82, 2.24) is 5.32 Å². The first kappa shape index (κ1) is 13.5. The molecule has 1 aromatic rings. The Balaban J connectivity index is 2.29. The summed E-state index contributed by atoms with van der Waals surface area (Å²) in [5.74, 6) is 1.32. The van der Waals surface area contributed by atoms with Crippen molar-refractivity contribution in [2.75, 3.05) is 13.1 Å². The van der Waals surface area contributed by atoms with Gasteiger partial charge in [-0.1, -0.05) is 44.5 Å². The van der Waals surface area contributed by atoms with Crippen molar-refractivity contribution in [3.63, 3.8) is 0 Å². The van der Waals surface area contributed by atoms with E-state index in [1.807, 2.05) is 12.1 Å². The van der Waals surface area contributed by atoms with Crippen molar-refractivity contribution in [3.8, 4) is 0 Å². The molecule has 0 fully saturated rings. The first-order valence-electron chi connectivity index (χ1n) is 6.05. The van der Waals surface area contributed by atoms with Gasteiger partial charge in [0.2, 0.25) is 0 Å². The lowest BCUT2D eigenvalue weighted by molar-refractivity contribution is 0.525. The number of benzene rings is 1. The molecule has 0 spiro atoms. The first-order valence-corrected chi connectivity index (χ1v) is 6.43. The second-order valence-electron chi connectivity index (χ2n) is 4.84. The highest BCUT2D eigenvalue weighted by Crippen LogP contribution is 2.20. The van der Waals surface area contributed by atoms with Gasteiger partial charge < -0.3 is 5.32 Å². The maximum Gasteiger partial charge on any atom is 0.0406 e. The van der Waals surface area contributed by atoms with Crippen LogP contribution in [-0.4, -0.2) is 13.1 Å². The van der Waals surface area contributed by atoms with E-state index in [4.69, 9.17) is 11.6 Å². The third-order valence-corrected chi connectivity index (χ3v) is 3.00. The van der Waals surface area contributed by atoms with Crippen LogP contribution in [0.2, 0.25) is 5.02 Å². The lowest BCUT2D eigenvalue weighted by Crippen LogP contribution is -2.21. The van der Waals surface area contributed by atoms with Crippen molar-refractivity contribution in [1.29, 1.82) is 0 Å². The van der Waals surface area contributed by atoms with Gasteiger partial charge in [-0.3, -0.25) is 0 Å². The van der Waals surface area contributed by atoms with Crippen molar-refractivity contribution in [2.24, 2.45) is 5.92 Å². The van der Waals surface area contributed by atoms with Crippen LogP contribution in [0.3, 0.4) is 0 Å². The van der Waals surface area contributed by atoms with Gasteiger partial charge >= 0.3 is 0 Å². The summed E-state index contributed by atoms with van der Waals surface area (Å²) in [4.78, 5) is 0. The van der Waals surface area contributed by atoms with Crippen LogP contribution in [0, 0.1) is 5.92 Å². The highest BCUT2D eigenvalue weighted by atomic mass is 35.5. The zero-order valence-electron chi connectivity index (χ0n) is 10.5. The standard InChI is InChI=1S/C14H22ClN/c1-11(2)10-16-9-8-12(3)13-4-6-14(15)7-5-13/h4-7,11-12,16H,8-10H2,1-3H3. The Morgan fingerprint density at radius 2 is 1.75 bits per heavy atom. The van der Waals surface area contributed by atoms with E-state index in [2.05, 4.69) is 38.2 Å². The molecule has 1 rings (SSSR count). The van der Waals surface area contributed by atoms with Gasteiger partial charge in [-0.25, -0.2) is 0 Å². The number of hydrogen-bond donors (Lipinski definition) is 1. The Bertz CT molecular complexity index is 292. The zero-order chi connectivity index (χ0) is 12.0. The van der Waals surface area contributed by atoms with Gasteiger partial charge in [-0.15, -0.1) is 0 Å². The number of rotatable bonds is 6. The quantitative estimate of drug-likeness (QED) is 0.738. The Labute approximate surface area is 104 Å². The van der Waals surface area contributed by atoms with Gasteiger partial charge in [-0.2, -0.15) is 0 Å². The zero-order valence-corrected chi connectivity index (χ0v) is 11.2. The average molecular weight is 240 g/mol. The molecule has 0 aliphatic rings. The highest BCUT2D eigenvalue weighted by Gasteiger charge is 2.04. The summed E-state index contributed by atoms with van der Waals surface area (Å²) in [5, 5.41) is 4.28. The molecule has 90 valence electrons. The van der Waals surface area contributed by atoms with Crippen molar-refractivity contribution >= 4 is 11.6 Å². The normalized spacial score (nSPS) is 13.1. The largest absolute Gasteiger partial charge is 0.316 e. The van der Waals surface area contributed by atoms with Gasteiger partial charge in [0, 0.05) is 5.02 Å². The van der Waals surface area contributed by atoms with Gasteiger partial charge in [-0.05, 0) is 49.0 Å². The molecule has 0 aromatic heterocycles. The summed E-state index contributed by atoms with van der Waals surface area (Å²) in [6, 6.07) is 8.18. The molecule has 1 unspecified atom stereocenters. The molecule has 1 nitrogen and oxygen atoms in total. The fraction of sp³-hybridized carbons (Fsp3) is 0.571. The highest BCUT2D eigenvalue weighted by molar-refractivity contribution is 6.30. The predicted octanol–water partition coefficient (Wildman–Crippen LogP) is 4.08. The molecule has 1 aromatic carbocycles. The molecule has 1 N–H and O–H groups in total. The summed E-state index contributed by atoms with van der Waals surface area (Å²) < 4.78 is 0. The molecular weight excluding hydrogens is 218 g/mol. The predicted molar refractivity (Wildman–Crippen MR) is 72.2 cm³/mol. The third-order valence-electron chi connectivity index (χ3n) is 2.75. The minimum absolute atomic E-state index is 0.594. The molecule has 2 heteroatoms. The summed E-state index contributed by atoms with van der Waals surface area (Å²) in [6.07, 6.45) is 1.17. The van der Waals surface area contributed by atoms with Gasteiger partial charge in [0.1, 0.15) is 0 Å². The van der Waals surface area contributed by atoms with Gasteiger partial charge in [0.25, 0.3) is 0 Å². The molecule has 0 radical (unpaired) electrons. The Hall–Kier alpha value is -0.530. The molecule has 0 amide bonds. The van der Waals surface area contributed by atoms with Crippen LogP contribution < -0.4 is 5.32 Å². The second-order valence-corrected chi connectivity index (χ2v) is 5.28. The molecule has 1 atom stereocenters. The Morgan fingerprint density at radius 1 is 1.12 bits per heavy atom. The monoisotopic (exact) mass is 239 g/mol. The van der Waals surface area contributed by atoms with Crippen molar-refractivity contribution < 1.29 is 0 Å². The molecule has 16 heavy (non-hydrogen) atoms. The first-order chi connectivity index (χ1) is 7.59. The van der Waals surface area contributed by atoms with Crippen molar-refractivity contribution in [3.05, 3.63) is 34.9 Å². The van der Waals surface area contributed by atoms with Gasteiger partial charge in [0.15, 0.2) is 0 Å². The Kier molecular flexibility index (Phi) is 5.86. The van der Waals surface area contributed by atoms with Crippen LogP contribution >= 0.6 is 11.6 Å². The molecule has 0 saturated heterocycles. The fourth-order valence-electron chi connectivity index (χ4n) is 1.67. The lowest BCUT2D eigenvalue weighted by Gasteiger charge is -2.13. The number of halogens is 1. The Morgan fingerprint density at radius 3 is 2.31 bits per heavy atom. The molecule has 0 bridgehead atoms. The van der Waals surface area contributed by atoms with Crippen LogP contribution in [0.25, 0.3) is 0 Å². The molecular formula is C14H22ClN. The fourth-order valence-corrected chi connectivity index (χ4v) is 1.79. The summed E-state index contributed by atoms with van der Waals surface area (Å²) in [6.45, 7) is 8.92. The summed E-state index contributed by atoms with van der Waals surface area (Å²) in [5.41, 5.74) is 1.37. The summed E-state index contributed by atoms with van der Waals surface area (Å²) in [7, 11) is 0. The van der Waals surface area contributed by atoms with E-state index in [1.54, 1.807) is 0 Å². The smallest absolute Gasteiger partial charge is 0.0406 e. The second kappa shape index (κ2) is 6.93. The molecule has 0 aliphatic heterocycles. The van der Waals surface area contributed by atoms with E-state index in [0.717, 1.165) is 24.0 Å². The third kappa shape index (κ3) is 5.00.